The predicted octanol–water partition coefficient (Wildman–Crippen LogP) is 13.1. The summed E-state index contributed by atoms with van der Waals surface area (Å²) >= 11 is 0. The summed E-state index contributed by atoms with van der Waals surface area (Å²) in [6.45, 7) is 4.75. The SMILES string of the molecule is CC1(C)c2ccccc2-c2cccc3c(-c4cccc5c4ccc4c(-c6cccc7ccccc67)c6ccccc6cc45)ccc1c23. The first-order chi connectivity index (χ1) is 23.1. The lowest BCUT2D eigenvalue weighted by Crippen LogP contribution is -2.23. The second kappa shape index (κ2) is 9.64. The summed E-state index contributed by atoms with van der Waals surface area (Å²) in [4.78, 5) is 0. The highest BCUT2D eigenvalue weighted by atomic mass is 14.4. The van der Waals surface area contributed by atoms with Gasteiger partial charge in [0.05, 0.1) is 0 Å². The second-order valence-corrected chi connectivity index (χ2v) is 13.6. The van der Waals surface area contributed by atoms with Gasteiger partial charge in [-0.25, -0.2) is 0 Å². The topological polar surface area (TPSA) is 0 Å². The van der Waals surface area contributed by atoms with Crippen LogP contribution >= 0.6 is 0 Å². The Labute approximate surface area is 274 Å². The second-order valence-electron chi connectivity index (χ2n) is 13.6. The van der Waals surface area contributed by atoms with Gasteiger partial charge >= 0.3 is 0 Å². The van der Waals surface area contributed by atoms with Crippen molar-refractivity contribution in [3.05, 3.63) is 169 Å². The highest BCUT2D eigenvalue weighted by molar-refractivity contribution is 6.24. The fraction of sp³-hybridized carbons (Fsp3) is 0.0638. The van der Waals surface area contributed by atoms with Crippen LogP contribution < -0.4 is 0 Å². The third kappa shape index (κ3) is 3.64. The van der Waals surface area contributed by atoms with Crippen LogP contribution in [0.5, 0.6) is 0 Å². The van der Waals surface area contributed by atoms with Gasteiger partial charge < -0.3 is 0 Å². The van der Waals surface area contributed by atoms with E-state index in [2.05, 4.69) is 172 Å². The Morgan fingerprint density at radius 2 is 0.915 bits per heavy atom. The Bertz CT molecular complexity index is 2750. The van der Waals surface area contributed by atoms with Crippen LogP contribution in [0.25, 0.3) is 87.2 Å². The zero-order chi connectivity index (χ0) is 31.3. The van der Waals surface area contributed by atoms with Gasteiger partial charge in [0.2, 0.25) is 0 Å². The van der Waals surface area contributed by atoms with Crippen LogP contribution in [0.1, 0.15) is 25.0 Å². The molecular formula is C47H32. The first kappa shape index (κ1) is 26.5. The van der Waals surface area contributed by atoms with Crippen LogP contribution in [0.15, 0.2) is 158 Å². The first-order valence-corrected chi connectivity index (χ1v) is 16.6. The smallest absolute Gasteiger partial charge is 0.0159 e. The van der Waals surface area contributed by atoms with Crippen molar-refractivity contribution in [2.45, 2.75) is 19.3 Å². The lowest BCUT2D eigenvalue weighted by Gasteiger charge is -2.35. The minimum atomic E-state index is -0.0737. The lowest BCUT2D eigenvalue weighted by atomic mass is 9.68. The van der Waals surface area contributed by atoms with Crippen LogP contribution in [0.4, 0.5) is 0 Å². The van der Waals surface area contributed by atoms with Crippen molar-refractivity contribution in [1.82, 2.24) is 0 Å². The lowest BCUT2D eigenvalue weighted by molar-refractivity contribution is 0.645. The molecule has 0 N–H and O–H groups in total. The van der Waals surface area contributed by atoms with E-state index in [0.29, 0.717) is 0 Å². The van der Waals surface area contributed by atoms with Crippen LogP contribution in [0.3, 0.4) is 0 Å². The summed E-state index contributed by atoms with van der Waals surface area (Å²) in [6.07, 6.45) is 0. The summed E-state index contributed by atoms with van der Waals surface area (Å²) in [6, 6.07) is 58.9. The van der Waals surface area contributed by atoms with E-state index in [0.717, 1.165) is 0 Å². The molecule has 0 aliphatic heterocycles. The average Bonchev–Trinajstić information content (AvgIpc) is 3.12. The molecule has 10 rings (SSSR count). The van der Waals surface area contributed by atoms with Crippen LogP contribution in [0, 0.1) is 0 Å². The molecule has 0 fully saturated rings. The Morgan fingerprint density at radius 3 is 1.81 bits per heavy atom. The molecule has 47 heavy (non-hydrogen) atoms. The summed E-state index contributed by atoms with van der Waals surface area (Å²) < 4.78 is 0. The molecule has 220 valence electrons. The molecule has 1 aliphatic carbocycles. The molecule has 0 aromatic heterocycles. The maximum atomic E-state index is 2.41. The molecule has 0 saturated carbocycles. The number of rotatable bonds is 2. The Kier molecular flexibility index (Phi) is 5.44. The molecule has 9 aromatic carbocycles. The molecule has 1 aliphatic rings. The Balaban J connectivity index is 1.28. The minimum Gasteiger partial charge on any atom is -0.0619 e. The molecule has 0 spiro atoms. The average molecular weight is 597 g/mol. The molecule has 0 amide bonds. The number of benzene rings is 9. The van der Waals surface area contributed by atoms with Crippen LogP contribution in [0.2, 0.25) is 0 Å². The van der Waals surface area contributed by atoms with E-state index in [1.54, 1.807) is 0 Å². The number of hydrogen-bond acceptors (Lipinski definition) is 0. The molecule has 9 aromatic rings. The van der Waals surface area contributed by atoms with Crippen molar-refractivity contribution in [2.24, 2.45) is 0 Å². The van der Waals surface area contributed by atoms with Crippen molar-refractivity contribution in [3.63, 3.8) is 0 Å². The van der Waals surface area contributed by atoms with E-state index < -0.39 is 0 Å². The van der Waals surface area contributed by atoms with Gasteiger partial charge in [-0.15, -0.1) is 0 Å². The number of hydrogen-bond donors (Lipinski definition) is 0. The predicted molar refractivity (Wildman–Crippen MR) is 202 cm³/mol. The van der Waals surface area contributed by atoms with Gasteiger partial charge in [-0.1, -0.05) is 166 Å². The fourth-order valence-electron chi connectivity index (χ4n) is 8.67. The van der Waals surface area contributed by atoms with Gasteiger partial charge in [0.25, 0.3) is 0 Å². The minimum absolute atomic E-state index is 0.0737. The van der Waals surface area contributed by atoms with E-state index in [9.17, 15) is 0 Å². The molecule has 0 bridgehead atoms. The van der Waals surface area contributed by atoms with Gasteiger partial charge in [0.15, 0.2) is 0 Å². The van der Waals surface area contributed by atoms with Crippen LogP contribution in [-0.4, -0.2) is 0 Å². The van der Waals surface area contributed by atoms with Crippen molar-refractivity contribution in [1.29, 1.82) is 0 Å². The third-order valence-corrected chi connectivity index (χ3v) is 10.9. The zero-order valence-electron chi connectivity index (χ0n) is 26.5. The van der Waals surface area contributed by atoms with Gasteiger partial charge in [0, 0.05) is 5.41 Å². The maximum absolute atomic E-state index is 2.41. The normalized spacial score (nSPS) is 13.5. The summed E-state index contributed by atoms with van der Waals surface area (Å²) in [5.41, 5.74) is 10.6. The molecule has 0 atom stereocenters. The van der Waals surface area contributed by atoms with Crippen molar-refractivity contribution in [3.8, 4) is 33.4 Å². The zero-order valence-corrected chi connectivity index (χ0v) is 26.5. The number of fused-ring (bicyclic) bond motifs is 7. The fourth-order valence-corrected chi connectivity index (χ4v) is 8.67. The largest absolute Gasteiger partial charge is 0.0619 e. The molecular weight excluding hydrogens is 565 g/mol. The maximum Gasteiger partial charge on any atom is 0.0159 e. The molecule has 0 unspecified atom stereocenters. The first-order valence-electron chi connectivity index (χ1n) is 16.6. The van der Waals surface area contributed by atoms with E-state index in [4.69, 9.17) is 0 Å². The summed E-state index contributed by atoms with van der Waals surface area (Å²) in [7, 11) is 0. The molecule has 0 nitrogen and oxygen atoms in total. The monoisotopic (exact) mass is 596 g/mol. The highest BCUT2D eigenvalue weighted by Crippen LogP contribution is 2.51. The van der Waals surface area contributed by atoms with Gasteiger partial charge in [-0.05, 0) is 104 Å². The van der Waals surface area contributed by atoms with Gasteiger partial charge in [-0.3, -0.25) is 0 Å². The van der Waals surface area contributed by atoms with Crippen molar-refractivity contribution >= 4 is 53.9 Å². The van der Waals surface area contributed by atoms with Gasteiger partial charge in [0.1, 0.15) is 0 Å². The summed E-state index contributed by atoms with van der Waals surface area (Å²) in [5, 5.41) is 13.0. The van der Waals surface area contributed by atoms with E-state index in [1.165, 1.54) is 98.4 Å². The Hall–Kier alpha value is -5.72. The molecule has 0 radical (unpaired) electrons. The molecule has 0 saturated heterocycles. The standard InChI is InChI=1S/C47H32/c1-47(2)43-23-8-7-17-37(43)40-22-11-21-39-36(26-27-44(47)46(39)40)33-18-10-19-34-35(33)24-25-41-42(34)28-30-13-4-6-16-32(30)45(41)38-20-9-14-29-12-3-5-15-31(29)38/h3-28H,1-2H3. The molecule has 0 heterocycles. The Morgan fingerprint density at radius 1 is 0.319 bits per heavy atom. The highest BCUT2D eigenvalue weighted by Gasteiger charge is 2.33. The summed E-state index contributed by atoms with van der Waals surface area (Å²) in [5.74, 6) is 0. The van der Waals surface area contributed by atoms with Crippen molar-refractivity contribution < 1.29 is 0 Å². The molecule has 0 heteroatoms. The van der Waals surface area contributed by atoms with E-state index >= 15 is 0 Å². The quantitative estimate of drug-likeness (QED) is 0.138. The van der Waals surface area contributed by atoms with Gasteiger partial charge in [-0.2, -0.15) is 0 Å². The van der Waals surface area contributed by atoms with E-state index in [1.807, 2.05) is 0 Å². The third-order valence-electron chi connectivity index (χ3n) is 10.9. The van der Waals surface area contributed by atoms with Crippen LogP contribution in [-0.2, 0) is 5.41 Å². The van der Waals surface area contributed by atoms with Crippen molar-refractivity contribution in [2.75, 3.05) is 0 Å². The van der Waals surface area contributed by atoms with E-state index in [-0.39, 0.29) is 5.41 Å².